The minimum Gasteiger partial charge on any atom is -0.345 e. The number of rotatable bonds is 9. The lowest BCUT2D eigenvalue weighted by Crippen LogP contribution is -2.66. The molecule has 0 saturated carbocycles. The third kappa shape index (κ3) is 6.39. The van der Waals surface area contributed by atoms with E-state index in [-0.39, 0.29) is 17.2 Å². The van der Waals surface area contributed by atoms with Gasteiger partial charge >= 0.3 is 0 Å². The molecule has 1 aliphatic heterocycles. The second-order valence-electron chi connectivity index (χ2n) is 10.9. The molecule has 1 aliphatic rings. The van der Waals surface area contributed by atoms with E-state index in [4.69, 9.17) is 14.3 Å². The van der Waals surface area contributed by atoms with E-state index in [0.29, 0.717) is 26.1 Å². The molecule has 0 amide bonds. The smallest absolute Gasteiger partial charge is 0.172 e. The maximum atomic E-state index is 6.68. The zero-order valence-corrected chi connectivity index (χ0v) is 21.7. The average Bonchev–Trinajstić information content (AvgIpc) is 2.85. The van der Waals surface area contributed by atoms with Crippen molar-refractivity contribution in [3.05, 3.63) is 108 Å². The highest BCUT2D eigenvalue weighted by Gasteiger charge is 2.55. The molecule has 186 valence electrons. The molecule has 4 nitrogen and oxygen atoms in total. The van der Waals surface area contributed by atoms with Crippen molar-refractivity contribution in [3.8, 4) is 0 Å². The highest BCUT2D eigenvalue weighted by atomic mass is 16.7. The molecule has 0 radical (unpaired) electrons. The van der Waals surface area contributed by atoms with Crippen LogP contribution in [0.3, 0.4) is 0 Å². The lowest BCUT2D eigenvalue weighted by atomic mass is 9.77. The Hall–Kier alpha value is -2.50. The van der Waals surface area contributed by atoms with E-state index < -0.39 is 5.79 Å². The van der Waals surface area contributed by atoms with E-state index in [1.54, 1.807) is 0 Å². The Balaban J connectivity index is 1.57. The van der Waals surface area contributed by atoms with Gasteiger partial charge in [-0.1, -0.05) is 91.0 Å². The van der Waals surface area contributed by atoms with Crippen LogP contribution in [0.4, 0.5) is 0 Å². The van der Waals surface area contributed by atoms with E-state index in [1.807, 2.05) is 42.5 Å². The topological polar surface area (TPSA) is 30.9 Å². The molecule has 1 unspecified atom stereocenters. The number of hydroxylamine groups is 2. The molecule has 1 fully saturated rings. The summed E-state index contributed by atoms with van der Waals surface area (Å²) in [5.74, 6) is -0.742. The molecule has 35 heavy (non-hydrogen) atoms. The maximum Gasteiger partial charge on any atom is 0.172 e. The van der Waals surface area contributed by atoms with Gasteiger partial charge < -0.3 is 9.47 Å². The second kappa shape index (κ2) is 10.6. The molecule has 4 rings (SSSR count). The molecular weight excluding hydrogens is 434 g/mol. The average molecular weight is 474 g/mol. The molecule has 0 N–H and O–H groups in total. The predicted octanol–water partition coefficient (Wildman–Crippen LogP) is 7.46. The summed E-state index contributed by atoms with van der Waals surface area (Å²) in [7, 11) is 0. The zero-order valence-electron chi connectivity index (χ0n) is 21.7. The second-order valence-corrected chi connectivity index (χ2v) is 10.9. The van der Waals surface area contributed by atoms with Crippen LogP contribution in [0.2, 0.25) is 0 Å². The number of benzene rings is 3. The molecule has 4 heteroatoms. The Morgan fingerprint density at radius 2 is 1.06 bits per heavy atom. The van der Waals surface area contributed by atoms with Gasteiger partial charge in [-0.05, 0) is 51.3 Å². The summed E-state index contributed by atoms with van der Waals surface area (Å²) >= 11 is 0. The van der Waals surface area contributed by atoms with E-state index in [2.05, 4.69) is 88.2 Å². The van der Waals surface area contributed by atoms with Crippen LogP contribution in [0.5, 0.6) is 0 Å². The van der Waals surface area contributed by atoms with Crippen molar-refractivity contribution in [2.24, 2.45) is 0 Å². The van der Waals surface area contributed by atoms with Gasteiger partial charge in [0.2, 0.25) is 0 Å². The minimum absolute atomic E-state index is 0.0577. The molecule has 1 atom stereocenters. The van der Waals surface area contributed by atoms with Crippen molar-refractivity contribution in [2.45, 2.75) is 83.6 Å². The lowest BCUT2D eigenvalue weighted by molar-refractivity contribution is -0.372. The standard InChI is InChI=1S/C31H39NO3/c1-25(28-19-13-8-14-20-28)35-32-29(2,3)23-31(24-30(32,4)5,33-21-26-15-9-6-10-16-26)34-22-27-17-11-7-12-18-27/h6-20,25H,21-24H2,1-5H3. The largest absolute Gasteiger partial charge is 0.345 e. The number of hydrogen-bond acceptors (Lipinski definition) is 4. The minimum atomic E-state index is -0.742. The molecule has 0 aliphatic carbocycles. The fourth-order valence-corrected chi connectivity index (χ4v) is 5.40. The summed E-state index contributed by atoms with van der Waals surface area (Å²) in [4.78, 5) is 6.65. The van der Waals surface area contributed by atoms with Gasteiger partial charge in [-0.3, -0.25) is 4.84 Å². The first-order valence-corrected chi connectivity index (χ1v) is 12.6. The highest BCUT2D eigenvalue weighted by molar-refractivity contribution is 5.18. The van der Waals surface area contributed by atoms with Crippen LogP contribution in [0.15, 0.2) is 91.0 Å². The summed E-state index contributed by atoms with van der Waals surface area (Å²) in [6, 6.07) is 31.0. The molecule has 1 saturated heterocycles. The first kappa shape index (κ1) is 25.6. The number of piperidine rings is 1. The van der Waals surface area contributed by atoms with Gasteiger partial charge in [0.05, 0.1) is 13.2 Å². The molecule has 1 heterocycles. The van der Waals surface area contributed by atoms with Crippen molar-refractivity contribution in [1.29, 1.82) is 0 Å². The highest BCUT2D eigenvalue weighted by Crippen LogP contribution is 2.47. The Kier molecular flexibility index (Phi) is 7.77. The summed E-state index contributed by atoms with van der Waals surface area (Å²) in [6.07, 6.45) is 1.31. The van der Waals surface area contributed by atoms with Gasteiger partial charge in [-0.25, -0.2) is 0 Å². The summed E-state index contributed by atoms with van der Waals surface area (Å²) in [6.45, 7) is 12.0. The zero-order chi connectivity index (χ0) is 24.9. The van der Waals surface area contributed by atoms with Gasteiger partial charge in [0.25, 0.3) is 0 Å². The fraction of sp³-hybridized carbons (Fsp3) is 0.419. The fourth-order valence-electron chi connectivity index (χ4n) is 5.40. The van der Waals surface area contributed by atoms with Gasteiger partial charge in [0.15, 0.2) is 5.79 Å². The molecule has 0 spiro atoms. The van der Waals surface area contributed by atoms with Crippen LogP contribution in [-0.2, 0) is 27.5 Å². The van der Waals surface area contributed by atoms with Crippen molar-refractivity contribution >= 4 is 0 Å². The monoisotopic (exact) mass is 473 g/mol. The van der Waals surface area contributed by atoms with Gasteiger partial charge in [-0.2, -0.15) is 5.06 Å². The summed E-state index contributed by atoms with van der Waals surface area (Å²) < 4.78 is 13.4. The SMILES string of the molecule is CC(ON1C(C)(C)CC(OCc2ccccc2)(OCc2ccccc2)CC1(C)C)c1ccccc1. The van der Waals surface area contributed by atoms with Crippen LogP contribution in [0.1, 0.15) is 70.3 Å². The lowest BCUT2D eigenvalue weighted by Gasteiger charge is -2.58. The predicted molar refractivity (Wildman–Crippen MR) is 140 cm³/mol. The number of hydrogen-bond donors (Lipinski definition) is 0. The quantitative estimate of drug-likeness (QED) is 0.302. The summed E-state index contributed by atoms with van der Waals surface area (Å²) in [5.41, 5.74) is 2.80. The van der Waals surface area contributed by atoms with Gasteiger partial charge in [-0.15, -0.1) is 0 Å². The molecule has 3 aromatic carbocycles. The van der Waals surface area contributed by atoms with Crippen molar-refractivity contribution in [1.82, 2.24) is 5.06 Å². The summed E-state index contributed by atoms with van der Waals surface area (Å²) in [5, 5.41) is 2.17. The molecule has 0 bridgehead atoms. The van der Waals surface area contributed by atoms with Crippen LogP contribution in [-0.4, -0.2) is 21.9 Å². The van der Waals surface area contributed by atoms with E-state index >= 15 is 0 Å². The maximum absolute atomic E-state index is 6.68. The van der Waals surface area contributed by atoms with Crippen molar-refractivity contribution in [2.75, 3.05) is 0 Å². The molecule has 0 aromatic heterocycles. The Morgan fingerprint density at radius 1 is 0.657 bits per heavy atom. The van der Waals surface area contributed by atoms with Crippen LogP contribution in [0.25, 0.3) is 0 Å². The van der Waals surface area contributed by atoms with E-state index in [0.717, 1.165) is 16.7 Å². The Morgan fingerprint density at radius 3 is 1.49 bits per heavy atom. The Labute approximate surface area is 210 Å². The number of ether oxygens (including phenoxy) is 2. The van der Waals surface area contributed by atoms with Crippen LogP contribution < -0.4 is 0 Å². The first-order chi connectivity index (χ1) is 16.7. The van der Waals surface area contributed by atoms with Crippen molar-refractivity contribution in [3.63, 3.8) is 0 Å². The normalized spacial score (nSPS) is 19.8. The van der Waals surface area contributed by atoms with E-state index in [1.165, 1.54) is 0 Å². The first-order valence-electron chi connectivity index (χ1n) is 12.6. The third-order valence-corrected chi connectivity index (χ3v) is 6.73. The third-order valence-electron chi connectivity index (χ3n) is 6.73. The Bertz CT molecular complexity index is 987. The van der Waals surface area contributed by atoms with Crippen LogP contribution in [0, 0.1) is 0 Å². The van der Waals surface area contributed by atoms with E-state index in [9.17, 15) is 0 Å². The van der Waals surface area contributed by atoms with Gasteiger partial charge in [0, 0.05) is 23.9 Å². The van der Waals surface area contributed by atoms with Crippen molar-refractivity contribution < 1.29 is 14.3 Å². The molecular formula is C31H39NO3. The van der Waals surface area contributed by atoms with Gasteiger partial charge in [0.1, 0.15) is 6.10 Å². The van der Waals surface area contributed by atoms with Crippen LogP contribution >= 0.6 is 0 Å². The number of nitrogens with zero attached hydrogens (tertiary/aromatic N) is 1. The molecule has 3 aromatic rings.